The van der Waals surface area contributed by atoms with E-state index in [-0.39, 0.29) is 25.9 Å². The Kier molecular flexibility index (Phi) is 6.45. The van der Waals surface area contributed by atoms with Crippen molar-refractivity contribution < 1.29 is 30.4 Å². The Morgan fingerprint density at radius 2 is 1.38 bits per heavy atom. The van der Waals surface area contributed by atoms with Gasteiger partial charge in [0.15, 0.2) is 38.2 Å². The summed E-state index contributed by atoms with van der Waals surface area (Å²) in [6, 6.07) is 4.13. The number of rotatable bonds is 4. The molecule has 2 heterocycles. The van der Waals surface area contributed by atoms with Crippen LogP contribution >= 0.6 is 11.3 Å². The number of sulfone groups is 1. The molecule has 182 valence electrons. The zero-order chi connectivity index (χ0) is 24.9. The molecule has 1 aliphatic heterocycles. The van der Waals surface area contributed by atoms with Crippen molar-refractivity contribution in [2.24, 2.45) is 0 Å². The van der Waals surface area contributed by atoms with Crippen molar-refractivity contribution in [2.75, 3.05) is 18.0 Å². The Balaban J connectivity index is 1.55. The largest absolute Gasteiger partial charge is 0.348 e. The van der Waals surface area contributed by atoms with Crippen LogP contribution in [-0.4, -0.2) is 31.7 Å². The molecule has 0 N–H and O–H groups in total. The van der Waals surface area contributed by atoms with Crippen molar-refractivity contribution in [3.05, 3.63) is 63.3 Å². The molecule has 1 aromatic heterocycles. The number of hydrogen-bond donors (Lipinski definition) is 0. The molecule has 1 saturated heterocycles. The van der Waals surface area contributed by atoms with Gasteiger partial charge in [0.2, 0.25) is 5.82 Å². The standard InChI is InChI=1S/C23H21F5N2O2S2/c1-11-8-12(2)16(13(3)9-11)15-10-33-23(29-15)30-6-4-14(5-7-30)34(31,32)22-20(27)18(25)17(24)19(26)21(22)28/h8-10,14H,4-7H2,1-3H3. The lowest BCUT2D eigenvalue weighted by Crippen LogP contribution is -2.40. The number of benzene rings is 2. The highest BCUT2D eigenvalue weighted by Crippen LogP contribution is 2.36. The van der Waals surface area contributed by atoms with Gasteiger partial charge in [-0.3, -0.25) is 0 Å². The molecule has 1 fully saturated rings. The molecule has 34 heavy (non-hydrogen) atoms. The monoisotopic (exact) mass is 516 g/mol. The number of anilines is 1. The van der Waals surface area contributed by atoms with Crippen LogP contribution in [0.4, 0.5) is 27.1 Å². The van der Waals surface area contributed by atoms with E-state index in [1.165, 1.54) is 11.3 Å². The van der Waals surface area contributed by atoms with Gasteiger partial charge in [0.25, 0.3) is 0 Å². The molecule has 3 aromatic rings. The van der Waals surface area contributed by atoms with E-state index in [0.717, 1.165) is 27.9 Å². The minimum absolute atomic E-state index is 0.0423. The fourth-order valence-corrected chi connectivity index (χ4v) is 7.18. The highest BCUT2D eigenvalue weighted by Gasteiger charge is 2.39. The van der Waals surface area contributed by atoms with Crippen LogP contribution in [0.15, 0.2) is 22.4 Å². The Morgan fingerprint density at radius 3 is 1.91 bits per heavy atom. The van der Waals surface area contributed by atoms with Crippen LogP contribution < -0.4 is 4.90 Å². The third kappa shape index (κ3) is 4.08. The smallest absolute Gasteiger partial charge is 0.200 e. The van der Waals surface area contributed by atoms with Gasteiger partial charge in [-0.1, -0.05) is 17.7 Å². The SMILES string of the molecule is Cc1cc(C)c(-c2csc(N3CCC(S(=O)(=O)c4c(F)c(F)c(F)c(F)c4F)CC3)n2)c(C)c1. The van der Waals surface area contributed by atoms with Gasteiger partial charge < -0.3 is 4.90 Å². The second kappa shape index (κ2) is 8.92. The first kappa shape index (κ1) is 24.6. The number of hydrogen-bond acceptors (Lipinski definition) is 5. The Hall–Kier alpha value is -2.53. The molecule has 0 unspecified atom stereocenters. The van der Waals surface area contributed by atoms with E-state index in [1.54, 1.807) is 0 Å². The van der Waals surface area contributed by atoms with E-state index < -0.39 is 49.1 Å². The van der Waals surface area contributed by atoms with Gasteiger partial charge in [0.05, 0.1) is 10.9 Å². The Morgan fingerprint density at radius 1 is 0.882 bits per heavy atom. The second-order valence-electron chi connectivity index (χ2n) is 8.42. The molecule has 1 aliphatic rings. The summed E-state index contributed by atoms with van der Waals surface area (Å²) in [5.41, 5.74) is 5.14. The van der Waals surface area contributed by atoms with Gasteiger partial charge >= 0.3 is 0 Å². The molecule has 4 nitrogen and oxygen atoms in total. The summed E-state index contributed by atoms with van der Waals surface area (Å²) in [6.07, 6.45) is -0.0847. The van der Waals surface area contributed by atoms with Gasteiger partial charge in [-0.2, -0.15) is 0 Å². The lowest BCUT2D eigenvalue weighted by atomic mass is 9.98. The quantitative estimate of drug-likeness (QED) is 0.188. The molecule has 11 heteroatoms. The first-order chi connectivity index (χ1) is 15.9. The predicted molar refractivity (Wildman–Crippen MR) is 120 cm³/mol. The van der Waals surface area contributed by atoms with E-state index in [0.29, 0.717) is 5.13 Å². The lowest BCUT2D eigenvalue weighted by Gasteiger charge is -2.31. The number of aromatic nitrogens is 1. The minimum atomic E-state index is -4.78. The van der Waals surface area contributed by atoms with Crippen molar-refractivity contribution in [1.82, 2.24) is 4.98 Å². The van der Waals surface area contributed by atoms with Gasteiger partial charge in [-0.05, 0) is 44.7 Å². The number of nitrogens with zero attached hydrogens (tertiary/aromatic N) is 2. The molecule has 0 amide bonds. The molecule has 0 saturated carbocycles. The maximum atomic E-state index is 14.1. The third-order valence-corrected chi connectivity index (χ3v) is 9.21. The fourth-order valence-electron chi connectivity index (χ4n) is 4.47. The molecule has 0 spiro atoms. The summed E-state index contributed by atoms with van der Waals surface area (Å²) in [6.45, 7) is 6.44. The number of thiazole rings is 1. The molecule has 2 aromatic carbocycles. The molecular formula is C23H21F5N2O2S2. The van der Waals surface area contributed by atoms with Gasteiger partial charge in [-0.15, -0.1) is 11.3 Å². The summed E-state index contributed by atoms with van der Waals surface area (Å²) in [5.74, 6) is -11.6. The lowest BCUT2D eigenvalue weighted by molar-refractivity contribution is 0.356. The number of piperidine rings is 1. The normalized spacial score (nSPS) is 15.2. The Bertz CT molecular complexity index is 1330. The summed E-state index contributed by atoms with van der Waals surface area (Å²) >= 11 is 1.39. The van der Waals surface area contributed by atoms with Gasteiger partial charge in [-0.25, -0.2) is 35.4 Å². The van der Waals surface area contributed by atoms with E-state index in [2.05, 4.69) is 12.1 Å². The van der Waals surface area contributed by atoms with E-state index in [1.807, 2.05) is 31.1 Å². The Labute approximate surface area is 198 Å². The molecule has 0 radical (unpaired) electrons. The molecule has 0 atom stereocenters. The van der Waals surface area contributed by atoms with Gasteiger partial charge in [0, 0.05) is 24.0 Å². The average molecular weight is 517 g/mol. The van der Waals surface area contributed by atoms with Crippen LogP contribution in [0.5, 0.6) is 0 Å². The van der Waals surface area contributed by atoms with Crippen molar-refractivity contribution in [2.45, 2.75) is 43.8 Å². The van der Waals surface area contributed by atoms with Crippen molar-refractivity contribution in [3.8, 4) is 11.3 Å². The molecular weight excluding hydrogens is 495 g/mol. The minimum Gasteiger partial charge on any atom is -0.348 e. The second-order valence-corrected chi connectivity index (χ2v) is 11.4. The fraction of sp³-hybridized carbons (Fsp3) is 0.348. The van der Waals surface area contributed by atoms with Crippen molar-refractivity contribution in [3.63, 3.8) is 0 Å². The first-order valence-corrected chi connectivity index (χ1v) is 12.9. The highest BCUT2D eigenvalue weighted by molar-refractivity contribution is 7.92. The predicted octanol–water partition coefficient (Wildman–Crippen LogP) is 5.87. The van der Waals surface area contributed by atoms with Crippen LogP contribution in [0, 0.1) is 49.9 Å². The van der Waals surface area contributed by atoms with Crippen LogP contribution in [0.3, 0.4) is 0 Å². The first-order valence-electron chi connectivity index (χ1n) is 10.5. The third-order valence-electron chi connectivity index (χ3n) is 6.03. The maximum absolute atomic E-state index is 14.1. The molecule has 4 rings (SSSR count). The molecule has 0 bridgehead atoms. The maximum Gasteiger partial charge on any atom is 0.200 e. The van der Waals surface area contributed by atoms with E-state index in [9.17, 15) is 30.4 Å². The zero-order valence-corrected chi connectivity index (χ0v) is 20.2. The van der Waals surface area contributed by atoms with Crippen molar-refractivity contribution in [1.29, 1.82) is 0 Å². The number of aryl methyl sites for hydroxylation is 3. The van der Waals surface area contributed by atoms with E-state index in [4.69, 9.17) is 4.98 Å². The van der Waals surface area contributed by atoms with Crippen LogP contribution in [0.25, 0.3) is 11.3 Å². The zero-order valence-electron chi connectivity index (χ0n) is 18.6. The average Bonchev–Trinajstić information content (AvgIpc) is 3.25. The topological polar surface area (TPSA) is 50.3 Å². The van der Waals surface area contributed by atoms with E-state index >= 15 is 0 Å². The number of halogens is 5. The van der Waals surface area contributed by atoms with Crippen molar-refractivity contribution >= 4 is 26.3 Å². The summed E-state index contributed by atoms with van der Waals surface area (Å²) < 4.78 is 94.3. The van der Waals surface area contributed by atoms with Crippen LogP contribution in [-0.2, 0) is 9.84 Å². The molecule has 0 aliphatic carbocycles. The van der Waals surface area contributed by atoms with Crippen LogP contribution in [0.2, 0.25) is 0 Å². The van der Waals surface area contributed by atoms with Gasteiger partial charge in [0.1, 0.15) is 4.90 Å². The van der Waals surface area contributed by atoms with Crippen LogP contribution in [0.1, 0.15) is 29.5 Å². The summed E-state index contributed by atoms with van der Waals surface area (Å²) in [5, 5.41) is 1.30. The summed E-state index contributed by atoms with van der Waals surface area (Å²) in [4.78, 5) is 4.79. The highest BCUT2D eigenvalue weighted by atomic mass is 32.2. The summed E-state index contributed by atoms with van der Waals surface area (Å²) in [7, 11) is -4.78.